The Morgan fingerprint density at radius 1 is 1.29 bits per heavy atom. The van der Waals surface area contributed by atoms with Crippen LogP contribution in [0.15, 0.2) is 30.3 Å². The van der Waals surface area contributed by atoms with Crippen molar-refractivity contribution in [2.45, 2.75) is 6.04 Å². The van der Waals surface area contributed by atoms with E-state index in [0.29, 0.717) is 6.04 Å². The maximum Gasteiger partial charge on any atom is 0.115 e. The predicted molar refractivity (Wildman–Crippen MR) is 72.5 cm³/mol. The normalized spacial score (nSPS) is 26.4. The Morgan fingerprint density at radius 2 is 2.12 bits per heavy atom. The fraction of sp³-hybridized carbons (Fsp3) is 0.615. The molecule has 17 heavy (non-hydrogen) atoms. The zero-order valence-corrected chi connectivity index (χ0v) is 10.4. The van der Waals surface area contributed by atoms with Gasteiger partial charge in [-0.3, -0.25) is 14.8 Å². The molecule has 2 heterocycles. The molecule has 0 radical (unpaired) electrons. The van der Waals surface area contributed by atoms with E-state index in [1.54, 1.807) is 0 Å². The van der Waals surface area contributed by atoms with E-state index in [-0.39, 0.29) is 0 Å². The van der Waals surface area contributed by atoms with E-state index in [4.69, 9.17) is 0 Å². The summed E-state index contributed by atoms with van der Waals surface area (Å²) in [6.07, 6.45) is 3.95. The molecule has 4 heteroatoms. The number of hydrogen-bond acceptors (Lipinski definition) is 4. The first-order valence-electron chi connectivity index (χ1n) is 6.31. The maximum atomic E-state index is 4.56. The average Bonchev–Trinajstić information content (AvgIpc) is 2.85. The molecule has 2 aliphatic rings. The summed E-state index contributed by atoms with van der Waals surface area (Å²) in [4.78, 5) is 9.44. The number of aliphatic imine (C=N–C) groups is 1. The third-order valence-corrected chi connectivity index (χ3v) is 3.34. The van der Waals surface area contributed by atoms with E-state index in [0.717, 1.165) is 51.6 Å². The van der Waals surface area contributed by atoms with Crippen LogP contribution in [-0.4, -0.2) is 67.5 Å². The Labute approximate surface area is 104 Å². The molecule has 1 fully saturated rings. The molecule has 1 saturated heterocycles. The van der Waals surface area contributed by atoms with E-state index < -0.39 is 0 Å². The highest BCUT2D eigenvalue weighted by Gasteiger charge is 2.30. The second kappa shape index (κ2) is 5.98. The Bertz CT molecular complexity index is 311. The zero-order chi connectivity index (χ0) is 12.1. The molecule has 1 unspecified atom stereocenters. The van der Waals surface area contributed by atoms with Crippen LogP contribution >= 0.6 is 0 Å². The van der Waals surface area contributed by atoms with Crippen LogP contribution in [0, 0.1) is 0 Å². The summed E-state index contributed by atoms with van der Waals surface area (Å²) in [7, 11) is 0. The lowest BCUT2D eigenvalue weighted by Crippen LogP contribution is -2.58. The van der Waals surface area contributed by atoms with Crippen LogP contribution in [0.5, 0.6) is 0 Å². The van der Waals surface area contributed by atoms with Crippen LogP contribution in [0.4, 0.5) is 0 Å². The standard InChI is InChI=1S/C13H22N4/c1-3-7-16-9-10-17(8-4-2)12(11-16)13-14-5-6-15-13/h3-4,12H,1-2,5-11H2,(H,14,15). The summed E-state index contributed by atoms with van der Waals surface area (Å²) in [6.45, 7) is 14.7. The predicted octanol–water partition coefficient (Wildman–Crippen LogP) is 0.346. The van der Waals surface area contributed by atoms with Crippen molar-refractivity contribution >= 4 is 5.84 Å². The summed E-state index contributed by atoms with van der Waals surface area (Å²) >= 11 is 0. The van der Waals surface area contributed by atoms with Gasteiger partial charge in [-0.15, -0.1) is 13.2 Å². The molecular weight excluding hydrogens is 212 g/mol. The Hall–Kier alpha value is -1.13. The number of nitrogens with one attached hydrogen (secondary N) is 1. The van der Waals surface area contributed by atoms with Gasteiger partial charge >= 0.3 is 0 Å². The fourth-order valence-corrected chi connectivity index (χ4v) is 2.51. The molecule has 0 saturated carbocycles. The zero-order valence-electron chi connectivity index (χ0n) is 10.4. The molecule has 0 aromatic carbocycles. The van der Waals surface area contributed by atoms with E-state index in [9.17, 15) is 0 Å². The molecule has 1 N–H and O–H groups in total. The minimum absolute atomic E-state index is 0.393. The summed E-state index contributed by atoms with van der Waals surface area (Å²) in [5.41, 5.74) is 0. The first kappa shape index (κ1) is 12.3. The van der Waals surface area contributed by atoms with Gasteiger partial charge in [0.2, 0.25) is 0 Å². The largest absolute Gasteiger partial charge is 0.371 e. The number of nitrogens with zero attached hydrogens (tertiary/aromatic N) is 3. The minimum Gasteiger partial charge on any atom is -0.371 e. The van der Waals surface area contributed by atoms with Crippen LogP contribution in [0.25, 0.3) is 0 Å². The summed E-state index contributed by atoms with van der Waals surface area (Å²) in [6, 6.07) is 0.393. The lowest BCUT2D eigenvalue weighted by atomic mass is 10.1. The van der Waals surface area contributed by atoms with E-state index in [1.165, 1.54) is 0 Å². The van der Waals surface area contributed by atoms with Crippen LogP contribution in [-0.2, 0) is 0 Å². The van der Waals surface area contributed by atoms with Crippen molar-refractivity contribution < 1.29 is 0 Å². The molecule has 0 bridgehead atoms. The first-order chi connectivity index (χ1) is 8.35. The quantitative estimate of drug-likeness (QED) is 0.696. The number of hydrogen-bond donors (Lipinski definition) is 1. The monoisotopic (exact) mass is 234 g/mol. The van der Waals surface area contributed by atoms with Gasteiger partial charge in [0, 0.05) is 39.3 Å². The van der Waals surface area contributed by atoms with Crippen molar-refractivity contribution in [1.82, 2.24) is 15.1 Å². The van der Waals surface area contributed by atoms with Crippen molar-refractivity contribution in [3.63, 3.8) is 0 Å². The fourth-order valence-electron chi connectivity index (χ4n) is 2.51. The molecule has 1 atom stereocenters. The lowest BCUT2D eigenvalue weighted by molar-refractivity contribution is 0.124. The topological polar surface area (TPSA) is 30.9 Å². The van der Waals surface area contributed by atoms with Gasteiger partial charge < -0.3 is 5.32 Å². The van der Waals surface area contributed by atoms with Gasteiger partial charge in [-0.2, -0.15) is 0 Å². The average molecular weight is 234 g/mol. The van der Waals surface area contributed by atoms with Crippen LogP contribution in [0.2, 0.25) is 0 Å². The van der Waals surface area contributed by atoms with Gasteiger partial charge in [-0.1, -0.05) is 12.2 Å². The van der Waals surface area contributed by atoms with E-state index >= 15 is 0 Å². The molecule has 0 spiro atoms. The van der Waals surface area contributed by atoms with Gasteiger partial charge in [-0.25, -0.2) is 0 Å². The number of rotatable bonds is 5. The molecule has 2 aliphatic heterocycles. The second-order valence-electron chi connectivity index (χ2n) is 4.54. The first-order valence-corrected chi connectivity index (χ1v) is 6.31. The van der Waals surface area contributed by atoms with E-state index in [2.05, 4.69) is 33.3 Å². The van der Waals surface area contributed by atoms with Crippen molar-refractivity contribution in [2.75, 3.05) is 45.8 Å². The SMILES string of the molecule is C=CCN1CCN(CC=C)C(C2=NCCN2)C1. The van der Waals surface area contributed by atoms with E-state index in [1.807, 2.05) is 12.2 Å². The lowest BCUT2D eigenvalue weighted by Gasteiger charge is -2.40. The molecule has 0 amide bonds. The van der Waals surface area contributed by atoms with Crippen LogP contribution in [0.3, 0.4) is 0 Å². The summed E-state index contributed by atoms with van der Waals surface area (Å²) in [5, 5.41) is 3.40. The van der Waals surface area contributed by atoms with Crippen molar-refractivity contribution in [2.24, 2.45) is 4.99 Å². The molecule has 0 aromatic heterocycles. The third-order valence-electron chi connectivity index (χ3n) is 3.34. The minimum atomic E-state index is 0.393. The van der Waals surface area contributed by atoms with Gasteiger partial charge in [0.05, 0.1) is 12.6 Å². The van der Waals surface area contributed by atoms with Gasteiger partial charge in [0.25, 0.3) is 0 Å². The Balaban J connectivity index is 2.03. The van der Waals surface area contributed by atoms with Crippen LogP contribution in [0.1, 0.15) is 0 Å². The van der Waals surface area contributed by atoms with Crippen molar-refractivity contribution in [3.8, 4) is 0 Å². The molecular formula is C13H22N4. The van der Waals surface area contributed by atoms with Gasteiger partial charge in [0.15, 0.2) is 0 Å². The Kier molecular flexibility index (Phi) is 4.34. The molecule has 0 aliphatic carbocycles. The second-order valence-corrected chi connectivity index (χ2v) is 4.54. The highest BCUT2D eigenvalue weighted by atomic mass is 15.3. The van der Waals surface area contributed by atoms with Gasteiger partial charge in [-0.05, 0) is 0 Å². The summed E-state index contributed by atoms with van der Waals surface area (Å²) < 4.78 is 0. The summed E-state index contributed by atoms with van der Waals surface area (Å²) in [5.74, 6) is 1.15. The van der Waals surface area contributed by atoms with Gasteiger partial charge in [0.1, 0.15) is 5.84 Å². The van der Waals surface area contributed by atoms with Crippen molar-refractivity contribution in [1.29, 1.82) is 0 Å². The maximum absolute atomic E-state index is 4.56. The van der Waals surface area contributed by atoms with Crippen molar-refractivity contribution in [3.05, 3.63) is 25.3 Å². The molecule has 4 nitrogen and oxygen atoms in total. The molecule has 2 rings (SSSR count). The highest BCUT2D eigenvalue weighted by molar-refractivity contribution is 5.89. The Morgan fingerprint density at radius 3 is 2.76 bits per heavy atom. The van der Waals surface area contributed by atoms with Crippen LogP contribution < -0.4 is 5.32 Å². The highest BCUT2D eigenvalue weighted by Crippen LogP contribution is 2.12. The number of amidine groups is 1. The number of piperazine rings is 1. The molecule has 0 aromatic rings. The third kappa shape index (κ3) is 2.96. The molecule has 94 valence electrons. The smallest absolute Gasteiger partial charge is 0.115 e.